The molecule has 0 saturated carbocycles. The lowest BCUT2D eigenvalue weighted by Gasteiger charge is -2.51. The lowest BCUT2D eigenvalue weighted by atomic mass is 9.95. The number of thioether (sulfide) groups is 1. The number of ether oxygens (including phenoxy) is 8. The van der Waals surface area contributed by atoms with Crippen LogP contribution in [0.3, 0.4) is 0 Å². The Morgan fingerprint density at radius 2 is 1.18 bits per heavy atom. The first kappa shape index (κ1) is 42.4. The SMILES string of the molecule is COC(=N)CS[C@@H]1O[C@@H](CO)[C@@H](O[C@@H]2OC(C)[C@@H](O)[C@H](O)C2O)C(O[C@@H]2OC(CO)[C@H](O)C(O)C2O[C@@H]2OC(C)[C@@H](O)C(O)C2O)C1NC(C)=O. The van der Waals surface area contributed by atoms with E-state index in [9.17, 15) is 55.9 Å². The van der Waals surface area contributed by atoms with Crippen molar-refractivity contribution in [2.45, 2.75) is 143 Å². The van der Waals surface area contributed by atoms with Crippen molar-refractivity contribution in [3.05, 3.63) is 0 Å². The smallest absolute Gasteiger partial charge is 0.217 e. The van der Waals surface area contributed by atoms with Crippen LogP contribution in [0.4, 0.5) is 0 Å². The van der Waals surface area contributed by atoms with Crippen LogP contribution >= 0.6 is 11.8 Å². The van der Waals surface area contributed by atoms with Crippen LogP contribution in [-0.4, -0.2) is 211 Å². The van der Waals surface area contributed by atoms with E-state index in [1.54, 1.807) is 0 Å². The summed E-state index contributed by atoms with van der Waals surface area (Å²) in [5.74, 6) is -0.888. The maximum absolute atomic E-state index is 12.6. The number of amides is 1. The summed E-state index contributed by atoms with van der Waals surface area (Å²) in [7, 11) is 1.27. The van der Waals surface area contributed by atoms with Gasteiger partial charge in [-0.2, -0.15) is 0 Å². The highest BCUT2D eigenvalue weighted by Gasteiger charge is 2.56. The molecule has 10 unspecified atom stereocenters. The minimum absolute atomic E-state index is 0.0912. The Hall–Kier alpha value is -1.39. The van der Waals surface area contributed by atoms with Crippen molar-refractivity contribution in [2.24, 2.45) is 0 Å². The van der Waals surface area contributed by atoms with E-state index in [4.69, 9.17) is 43.3 Å². The van der Waals surface area contributed by atoms with Crippen molar-refractivity contribution in [3.63, 3.8) is 0 Å². The number of carbonyl (C=O) groups excluding carboxylic acids is 1. The van der Waals surface area contributed by atoms with E-state index in [0.717, 1.165) is 11.8 Å². The van der Waals surface area contributed by atoms with E-state index in [1.165, 1.54) is 27.9 Å². The second-order valence-corrected chi connectivity index (χ2v) is 13.8. The minimum Gasteiger partial charge on any atom is -0.484 e. The number of hydrogen-bond acceptors (Lipinski definition) is 21. The molecule has 22 heteroatoms. The Balaban J connectivity index is 1.75. The second-order valence-electron chi connectivity index (χ2n) is 12.8. The summed E-state index contributed by atoms with van der Waals surface area (Å²) in [5, 5.41) is 116. The van der Waals surface area contributed by atoms with Crippen molar-refractivity contribution >= 4 is 23.6 Å². The highest BCUT2D eigenvalue weighted by atomic mass is 32.2. The minimum atomic E-state index is -1.92. The predicted molar refractivity (Wildman–Crippen MR) is 168 cm³/mol. The van der Waals surface area contributed by atoms with Crippen molar-refractivity contribution in [3.8, 4) is 0 Å². The molecule has 0 aromatic carbocycles. The Bertz CT molecular complexity index is 1150. The van der Waals surface area contributed by atoms with E-state index >= 15 is 0 Å². The molecule has 0 aromatic heterocycles. The van der Waals surface area contributed by atoms with Gasteiger partial charge < -0.3 is 94.3 Å². The van der Waals surface area contributed by atoms with Gasteiger partial charge in [0.1, 0.15) is 84.8 Å². The molecule has 0 radical (unpaired) electrons. The van der Waals surface area contributed by atoms with Crippen LogP contribution in [0.25, 0.3) is 0 Å². The molecule has 0 bridgehead atoms. The van der Waals surface area contributed by atoms with Gasteiger partial charge in [0.15, 0.2) is 24.8 Å². The molecule has 0 spiro atoms. The fourth-order valence-corrected chi connectivity index (χ4v) is 7.24. The van der Waals surface area contributed by atoms with Crippen molar-refractivity contribution < 1.29 is 93.8 Å². The molecule has 1 amide bonds. The average Bonchev–Trinajstić information content (AvgIpc) is 3.10. The standard InChI is InChI=1S/C29H50N2O19S/c1-8-15(35)18(38)21(41)26(44-8)48-23-12(6-33)47-29(51-7-13(30)43-4)14(31-10(3)34)24(23)49-28-25(20(40)17(37)11(5-32)46-28)50-27-22(42)19(39)16(36)9(2)45-27/h8-9,11-12,14-30,32-33,35-42H,5-7H2,1-4H3,(H,31,34)/t8?,9?,11?,12-,14?,15+,16+,17-,18-,19?,20?,21?,22?,23+,24?,25?,26-,27-,28-,29-/m0/s1. The number of methoxy groups -OCH3 is 1. The van der Waals surface area contributed by atoms with Gasteiger partial charge >= 0.3 is 0 Å². The Morgan fingerprint density at radius 3 is 1.67 bits per heavy atom. The number of rotatable bonds is 12. The Kier molecular flexibility index (Phi) is 15.2. The molecule has 20 atom stereocenters. The average molecular weight is 763 g/mol. The van der Waals surface area contributed by atoms with Crippen LogP contribution in [0.2, 0.25) is 0 Å². The molecule has 4 saturated heterocycles. The topological polar surface area (TPSA) is 329 Å². The number of aliphatic hydroxyl groups is 10. The quantitative estimate of drug-likeness (QED) is 0.0650. The maximum Gasteiger partial charge on any atom is 0.217 e. The van der Waals surface area contributed by atoms with E-state index in [1.807, 2.05) is 0 Å². The van der Waals surface area contributed by atoms with Gasteiger partial charge in [-0.25, -0.2) is 0 Å². The van der Waals surface area contributed by atoms with Crippen molar-refractivity contribution in [2.75, 3.05) is 26.1 Å². The fourth-order valence-electron chi connectivity index (χ4n) is 6.15. The molecule has 4 fully saturated rings. The number of hydrogen-bond donors (Lipinski definition) is 12. The molecule has 21 nitrogen and oxygen atoms in total. The molecule has 296 valence electrons. The number of aliphatic hydroxyl groups excluding tert-OH is 10. The van der Waals surface area contributed by atoms with Crippen molar-refractivity contribution in [1.29, 1.82) is 5.41 Å². The third kappa shape index (κ3) is 9.47. The Morgan fingerprint density at radius 1 is 0.667 bits per heavy atom. The van der Waals surface area contributed by atoms with Crippen LogP contribution in [0.5, 0.6) is 0 Å². The molecule has 4 heterocycles. The molecule has 0 aromatic rings. The number of carbonyl (C=O) groups is 1. The van der Waals surface area contributed by atoms with Crippen molar-refractivity contribution in [1.82, 2.24) is 5.32 Å². The van der Waals surface area contributed by atoms with E-state index in [0.29, 0.717) is 0 Å². The van der Waals surface area contributed by atoms with Gasteiger partial charge in [-0.1, -0.05) is 0 Å². The number of nitrogens with one attached hydrogen (secondary N) is 2. The predicted octanol–water partition coefficient (Wildman–Crippen LogP) is -6.19. The molecule has 12 N–H and O–H groups in total. The largest absolute Gasteiger partial charge is 0.484 e. The van der Waals surface area contributed by atoms with Crippen LogP contribution < -0.4 is 5.32 Å². The highest BCUT2D eigenvalue weighted by molar-refractivity contribution is 8.00. The molecule has 4 rings (SSSR count). The zero-order valence-electron chi connectivity index (χ0n) is 28.2. The summed E-state index contributed by atoms with van der Waals surface area (Å²) in [6, 6.07) is -1.27. The van der Waals surface area contributed by atoms with Crippen LogP contribution in [0, 0.1) is 5.41 Å². The van der Waals surface area contributed by atoms with Gasteiger partial charge in [0, 0.05) is 6.92 Å². The highest BCUT2D eigenvalue weighted by Crippen LogP contribution is 2.37. The summed E-state index contributed by atoms with van der Waals surface area (Å²) in [4.78, 5) is 12.6. The molecule has 4 aliphatic heterocycles. The van der Waals surface area contributed by atoms with E-state index in [2.05, 4.69) is 5.32 Å². The zero-order chi connectivity index (χ0) is 37.9. The Labute approximate surface area is 296 Å². The first-order chi connectivity index (χ1) is 24.0. The van der Waals surface area contributed by atoms with Crippen LogP contribution in [-0.2, 0) is 42.7 Å². The van der Waals surface area contributed by atoms with Gasteiger partial charge in [0.05, 0.1) is 44.3 Å². The summed E-state index contributed by atoms with van der Waals surface area (Å²) in [6.45, 7) is 2.35. The monoisotopic (exact) mass is 762 g/mol. The lowest BCUT2D eigenvalue weighted by Crippen LogP contribution is -2.69. The molecule has 51 heavy (non-hydrogen) atoms. The molecule has 4 aliphatic rings. The van der Waals surface area contributed by atoms with Gasteiger partial charge in [-0.3, -0.25) is 10.2 Å². The summed E-state index contributed by atoms with van der Waals surface area (Å²) >= 11 is 0.958. The van der Waals surface area contributed by atoms with Crippen LogP contribution in [0.15, 0.2) is 0 Å². The molecular formula is C29H50N2O19S. The van der Waals surface area contributed by atoms with Gasteiger partial charge in [0.25, 0.3) is 0 Å². The maximum atomic E-state index is 12.6. The zero-order valence-corrected chi connectivity index (χ0v) is 29.0. The summed E-state index contributed by atoms with van der Waals surface area (Å²) < 4.78 is 46.2. The van der Waals surface area contributed by atoms with E-state index in [-0.39, 0.29) is 11.7 Å². The third-order valence-corrected chi connectivity index (χ3v) is 10.3. The second kappa shape index (κ2) is 18.3. The fraction of sp³-hybridized carbons (Fsp3) is 0.931. The van der Waals surface area contributed by atoms with Gasteiger partial charge in [0.2, 0.25) is 5.91 Å². The first-order valence-corrected chi connectivity index (χ1v) is 17.3. The third-order valence-electron chi connectivity index (χ3n) is 9.14. The summed E-state index contributed by atoms with van der Waals surface area (Å²) in [6.07, 6.45) is -29.0. The lowest BCUT2D eigenvalue weighted by molar-refractivity contribution is -0.383. The van der Waals surface area contributed by atoms with Gasteiger partial charge in [-0.05, 0) is 13.8 Å². The van der Waals surface area contributed by atoms with E-state index < -0.39 is 141 Å². The normalized spacial score (nSPS) is 47.8. The molecular weight excluding hydrogens is 712 g/mol. The summed E-state index contributed by atoms with van der Waals surface area (Å²) in [5.41, 5.74) is -1.12. The first-order valence-electron chi connectivity index (χ1n) is 16.3. The molecule has 0 aliphatic carbocycles. The van der Waals surface area contributed by atoms with Gasteiger partial charge in [-0.15, -0.1) is 11.8 Å². The van der Waals surface area contributed by atoms with Crippen LogP contribution in [0.1, 0.15) is 20.8 Å².